The van der Waals surface area contributed by atoms with E-state index in [0.717, 1.165) is 25.7 Å². The molecular formula is C15H20N4O3. The van der Waals surface area contributed by atoms with E-state index in [2.05, 4.69) is 9.97 Å². The first-order chi connectivity index (χ1) is 10.6. The van der Waals surface area contributed by atoms with Crippen LogP contribution in [-0.4, -0.2) is 52.5 Å². The highest BCUT2D eigenvalue weighted by Gasteiger charge is 2.50. The quantitative estimate of drug-likeness (QED) is 0.850. The fraction of sp³-hybridized carbons (Fsp3) is 0.600. The van der Waals surface area contributed by atoms with Crippen LogP contribution in [0.15, 0.2) is 18.6 Å². The molecule has 2 aliphatic heterocycles. The lowest BCUT2D eigenvalue weighted by atomic mass is 9.67. The van der Waals surface area contributed by atoms with Crippen molar-refractivity contribution in [3.05, 3.63) is 24.3 Å². The van der Waals surface area contributed by atoms with Crippen LogP contribution in [-0.2, 0) is 9.53 Å². The van der Waals surface area contributed by atoms with Gasteiger partial charge in [-0.15, -0.1) is 0 Å². The Bertz CT molecular complexity index is 552. The third-order valence-electron chi connectivity index (χ3n) is 4.79. The lowest BCUT2D eigenvalue weighted by molar-refractivity contribution is -0.134. The van der Waals surface area contributed by atoms with E-state index in [1.54, 1.807) is 11.0 Å². The monoisotopic (exact) mass is 304 g/mol. The number of carbonyl (C=O) groups is 2. The predicted molar refractivity (Wildman–Crippen MR) is 77.8 cm³/mol. The average molecular weight is 304 g/mol. The molecule has 7 nitrogen and oxygen atoms in total. The normalized spacial score (nSPS) is 24.2. The maximum absolute atomic E-state index is 12.7. The summed E-state index contributed by atoms with van der Waals surface area (Å²) in [4.78, 5) is 34.3. The molecule has 0 radical (unpaired) electrons. The Labute approximate surface area is 128 Å². The van der Waals surface area contributed by atoms with Gasteiger partial charge in [-0.3, -0.25) is 9.59 Å². The SMILES string of the molecule is NC(=O)C1N(C(=O)c2ccncn2)CCCC12CCOCC2. The van der Waals surface area contributed by atoms with E-state index >= 15 is 0 Å². The number of piperidine rings is 1. The van der Waals surface area contributed by atoms with Crippen LogP contribution in [0.4, 0.5) is 0 Å². The van der Waals surface area contributed by atoms with E-state index in [4.69, 9.17) is 10.5 Å². The minimum absolute atomic E-state index is 0.253. The minimum Gasteiger partial charge on any atom is -0.381 e. The molecule has 1 aromatic heterocycles. The van der Waals surface area contributed by atoms with Gasteiger partial charge in [0.05, 0.1) is 0 Å². The van der Waals surface area contributed by atoms with Crippen molar-refractivity contribution in [1.29, 1.82) is 0 Å². The molecule has 0 bridgehead atoms. The Hall–Kier alpha value is -2.02. The van der Waals surface area contributed by atoms with Crippen molar-refractivity contribution in [2.24, 2.45) is 11.1 Å². The van der Waals surface area contributed by atoms with Crippen molar-refractivity contribution in [2.45, 2.75) is 31.7 Å². The van der Waals surface area contributed by atoms with E-state index in [0.29, 0.717) is 25.5 Å². The van der Waals surface area contributed by atoms with Crippen LogP contribution in [0.1, 0.15) is 36.2 Å². The number of hydrogen-bond donors (Lipinski definition) is 1. The molecule has 22 heavy (non-hydrogen) atoms. The summed E-state index contributed by atoms with van der Waals surface area (Å²) in [6.45, 7) is 1.75. The van der Waals surface area contributed by atoms with Crippen molar-refractivity contribution in [3.63, 3.8) is 0 Å². The summed E-state index contributed by atoms with van der Waals surface area (Å²) in [5.41, 5.74) is 5.71. The van der Waals surface area contributed by atoms with Crippen molar-refractivity contribution < 1.29 is 14.3 Å². The van der Waals surface area contributed by atoms with Crippen LogP contribution in [0.3, 0.4) is 0 Å². The fourth-order valence-corrected chi connectivity index (χ4v) is 3.74. The molecular weight excluding hydrogens is 284 g/mol. The summed E-state index contributed by atoms with van der Waals surface area (Å²) in [6.07, 6.45) is 6.13. The van der Waals surface area contributed by atoms with Gasteiger partial charge < -0.3 is 15.4 Å². The number of likely N-dealkylation sites (tertiary alicyclic amines) is 1. The van der Waals surface area contributed by atoms with Crippen LogP contribution in [0, 0.1) is 5.41 Å². The van der Waals surface area contributed by atoms with E-state index in [1.165, 1.54) is 12.5 Å². The van der Waals surface area contributed by atoms with Gasteiger partial charge in [0, 0.05) is 31.4 Å². The topological polar surface area (TPSA) is 98.4 Å². The lowest BCUT2D eigenvalue weighted by Gasteiger charge is -2.50. The van der Waals surface area contributed by atoms with Gasteiger partial charge in [-0.2, -0.15) is 0 Å². The molecule has 0 aliphatic carbocycles. The molecule has 3 rings (SSSR count). The van der Waals surface area contributed by atoms with Crippen molar-refractivity contribution in [2.75, 3.05) is 19.8 Å². The third-order valence-corrected chi connectivity index (χ3v) is 4.79. The standard InChI is InChI=1S/C15H20N4O3/c16-13(20)12-15(4-8-22-9-5-15)3-1-7-19(12)14(21)11-2-6-17-10-18-11/h2,6,10,12H,1,3-5,7-9H2,(H2,16,20). The Morgan fingerprint density at radius 2 is 2.09 bits per heavy atom. The molecule has 0 saturated carbocycles. The molecule has 118 valence electrons. The second-order valence-electron chi connectivity index (χ2n) is 5.98. The zero-order valence-corrected chi connectivity index (χ0v) is 12.4. The molecule has 1 unspecified atom stereocenters. The summed E-state index contributed by atoms with van der Waals surface area (Å²) in [6, 6.07) is 0.971. The summed E-state index contributed by atoms with van der Waals surface area (Å²) >= 11 is 0. The number of hydrogen-bond acceptors (Lipinski definition) is 5. The highest BCUT2D eigenvalue weighted by Crippen LogP contribution is 2.44. The number of nitrogens with two attached hydrogens (primary N) is 1. The van der Waals surface area contributed by atoms with Gasteiger partial charge >= 0.3 is 0 Å². The first-order valence-corrected chi connectivity index (χ1v) is 7.58. The first-order valence-electron chi connectivity index (χ1n) is 7.58. The Kier molecular flexibility index (Phi) is 4.06. The summed E-state index contributed by atoms with van der Waals surface area (Å²) in [5, 5.41) is 0. The number of amides is 2. The maximum atomic E-state index is 12.7. The average Bonchev–Trinajstić information content (AvgIpc) is 2.55. The Morgan fingerprint density at radius 1 is 1.32 bits per heavy atom. The summed E-state index contributed by atoms with van der Waals surface area (Å²) in [5.74, 6) is -0.694. The molecule has 1 atom stereocenters. The number of ether oxygens (including phenoxy) is 1. The van der Waals surface area contributed by atoms with Gasteiger partial charge in [-0.1, -0.05) is 0 Å². The molecule has 2 aliphatic rings. The second-order valence-corrected chi connectivity index (χ2v) is 5.98. The van der Waals surface area contributed by atoms with Crippen LogP contribution in [0.2, 0.25) is 0 Å². The van der Waals surface area contributed by atoms with Gasteiger partial charge in [-0.05, 0) is 31.7 Å². The summed E-state index contributed by atoms with van der Waals surface area (Å²) < 4.78 is 5.43. The van der Waals surface area contributed by atoms with Crippen LogP contribution in [0.5, 0.6) is 0 Å². The molecule has 2 fully saturated rings. The molecule has 1 spiro atoms. The fourth-order valence-electron chi connectivity index (χ4n) is 3.74. The van der Waals surface area contributed by atoms with E-state index in [-0.39, 0.29) is 11.3 Å². The molecule has 7 heteroatoms. The van der Waals surface area contributed by atoms with Crippen LogP contribution < -0.4 is 5.73 Å². The number of rotatable bonds is 2. The Balaban J connectivity index is 1.92. The zero-order valence-electron chi connectivity index (χ0n) is 12.4. The Morgan fingerprint density at radius 3 is 2.73 bits per heavy atom. The lowest BCUT2D eigenvalue weighted by Crippen LogP contribution is -2.61. The van der Waals surface area contributed by atoms with Gasteiger partial charge in [0.25, 0.3) is 5.91 Å². The first kappa shape index (κ1) is 14.9. The van der Waals surface area contributed by atoms with E-state index in [9.17, 15) is 9.59 Å². The number of aromatic nitrogens is 2. The van der Waals surface area contributed by atoms with Gasteiger partial charge in [0.2, 0.25) is 5.91 Å². The number of primary amides is 1. The van der Waals surface area contributed by atoms with Crippen molar-refractivity contribution in [3.8, 4) is 0 Å². The largest absolute Gasteiger partial charge is 0.381 e. The molecule has 0 aromatic carbocycles. The zero-order chi connectivity index (χ0) is 15.6. The highest BCUT2D eigenvalue weighted by atomic mass is 16.5. The van der Waals surface area contributed by atoms with Crippen molar-refractivity contribution in [1.82, 2.24) is 14.9 Å². The smallest absolute Gasteiger partial charge is 0.273 e. The summed E-state index contributed by atoms with van der Waals surface area (Å²) in [7, 11) is 0. The highest BCUT2D eigenvalue weighted by molar-refractivity contribution is 5.96. The van der Waals surface area contributed by atoms with Crippen molar-refractivity contribution >= 4 is 11.8 Å². The molecule has 2 saturated heterocycles. The second kappa shape index (κ2) is 6.00. The van der Waals surface area contributed by atoms with Crippen LogP contribution in [0.25, 0.3) is 0 Å². The van der Waals surface area contributed by atoms with Gasteiger partial charge in [0.1, 0.15) is 18.1 Å². The van der Waals surface area contributed by atoms with E-state index < -0.39 is 11.9 Å². The molecule has 1 aromatic rings. The molecule has 2 N–H and O–H groups in total. The third kappa shape index (κ3) is 2.56. The molecule has 3 heterocycles. The molecule has 2 amide bonds. The number of nitrogens with zero attached hydrogens (tertiary/aromatic N) is 3. The van der Waals surface area contributed by atoms with Gasteiger partial charge in [0.15, 0.2) is 0 Å². The number of carbonyl (C=O) groups excluding carboxylic acids is 2. The van der Waals surface area contributed by atoms with Crippen LogP contribution >= 0.6 is 0 Å². The van der Waals surface area contributed by atoms with Gasteiger partial charge in [-0.25, -0.2) is 9.97 Å². The minimum atomic E-state index is -0.590. The maximum Gasteiger partial charge on any atom is 0.273 e. The predicted octanol–water partition coefficient (Wildman–Crippen LogP) is 0.363. The van der Waals surface area contributed by atoms with E-state index in [1.807, 2.05) is 0 Å².